The summed E-state index contributed by atoms with van der Waals surface area (Å²) < 4.78 is 17.3. The standard InChI is InChI=1S/C23H40O4Si/c1-8-9-10-11-12-13-14-21(24)26-22(27-28(6)7)18-15-16-19(23(2,3)4)20(17-18)25-5/h15-17,22,28H,8-14H2,1-7H3. The second-order valence-electron chi connectivity index (χ2n) is 8.73. The summed E-state index contributed by atoms with van der Waals surface area (Å²) in [5.74, 6) is 0.616. The van der Waals surface area contributed by atoms with Gasteiger partial charge >= 0.3 is 5.97 Å². The average molecular weight is 409 g/mol. The van der Waals surface area contributed by atoms with Crippen LogP contribution >= 0.6 is 0 Å². The van der Waals surface area contributed by atoms with Gasteiger partial charge in [0, 0.05) is 12.0 Å². The van der Waals surface area contributed by atoms with Crippen molar-refractivity contribution in [3.8, 4) is 5.75 Å². The zero-order valence-electron chi connectivity index (χ0n) is 19.0. The Hall–Kier alpha value is -1.33. The molecule has 1 atom stereocenters. The first-order valence-electron chi connectivity index (χ1n) is 10.7. The minimum absolute atomic E-state index is 0.0263. The molecule has 0 saturated heterocycles. The van der Waals surface area contributed by atoms with E-state index in [2.05, 4.69) is 40.8 Å². The second-order valence-corrected chi connectivity index (χ2v) is 11.1. The van der Waals surface area contributed by atoms with E-state index in [0.717, 1.165) is 29.7 Å². The lowest BCUT2D eigenvalue weighted by molar-refractivity contribution is -0.165. The van der Waals surface area contributed by atoms with E-state index in [0.29, 0.717) is 6.42 Å². The summed E-state index contributed by atoms with van der Waals surface area (Å²) >= 11 is 0. The van der Waals surface area contributed by atoms with Crippen LogP contribution in [0.1, 0.15) is 90.1 Å². The SMILES string of the molecule is CCCCCCCCC(=O)OC(O[SiH](C)C)c1ccc(C(C)(C)C)c(OC)c1. The normalized spacial score (nSPS) is 12.9. The first kappa shape index (κ1) is 24.7. The van der Waals surface area contributed by atoms with E-state index in [1.807, 2.05) is 18.2 Å². The first-order valence-corrected chi connectivity index (χ1v) is 13.5. The van der Waals surface area contributed by atoms with Crippen LogP contribution in [0.4, 0.5) is 0 Å². The number of rotatable bonds is 12. The van der Waals surface area contributed by atoms with Crippen molar-refractivity contribution in [1.29, 1.82) is 0 Å². The molecule has 5 heteroatoms. The smallest absolute Gasteiger partial charge is 0.308 e. The Morgan fingerprint density at radius 3 is 2.29 bits per heavy atom. The minimum atomic E-state index is -1.39. The number of benzene rings is 1. The van der Waals surface area contributed by atoms with Crippen LogP contribution in [0.15, 0.2) is 18.2 Å². The lowest BCUT2D eigenvalue weighted by Crippen LogP contribution is -2.20. The van der Waals surface area contributed by atoms with Crippen LogP contribution in [0.5, 0.6) is 5.75 Å². The molecule has 0 saturated carbocycles. The van der Waals surface area contributed by atoms with Crippen LogP contribution in [-0.2, 0) is 19.4 Å². The highest BCUT2D eigenvalue weighted by Crippen LogP contribution is 2.34. The molecule has 0 heterocycles. The molecule has 0 bridgehead atoms. The van der Waals surface area contributed by atoms with Crippen molar-refractivity contribution < 1.29 is 18.7 Å². The van der Waals surface area contributed by atoms with Crippen LogP contribution in [-0.4, -0.2) is 22.1 Å². The summed E-state index contributed by atoms with van der Waals surface area (Å²) in [6, 6.07) is 5.98. The highest BCUT2D eigenvalue weighted by Gasteiger charge is 2.24. The molecular formula is C23H40O4Si. The van der Waals surface area contributed by atoms with Crippen LogP contribution in [0.3, 0.4) is 0 Å². The number of carbonyl (C=O) groups excluding carboxylic acids is 1. The number of unbranched alkanes of at least 4 members (excludes halogenated alkanes) is 5. The van der Waals surface area contributed by atoms with Crippen LogP contribution in [0, 0.1) is 0 Å². The zero-order chi connectivity index (χ0) is 21.2. The van der Waals surface area contributed by atoms with E-state index in [-0.39, 0.29) is 11.4 Å². The fraction of sp³-hybridized carbons (Fsp3) is 0.696. The fourth-order valence-corrected chi connectivity index (χ4v) is 3.83. The van der Waals surface area contributed by atoms with Crippen molar-refractivity contribution in [2.24, 2.45) is 0 Å². The molecule has 0 spiro atoms. The Morgan fingerprint density at radius 2 is 1.71 bits per heavy atom. The van der Waals surface area contributed by atoms with Gasteiger partial charge in [-0.05, 0) is 36.6 Å². The molecule has 1 aromatic rings. The van der Waals surface area contributed by atoms with Gasteiger partial charge < -0.3 is 13.9 Å². The molecule has 0 fully saturated rings. The molecule has 0 radical (unpaired) electrons. The minimum Gasteiger partial charge on any atom is -0.496 e. The number of methoxy groups -OCH3 is 1. The van der Waals surface area contributed by atoms with Gasteiger partial charge in [-0.15, -0.1) is 0 Å². The van der Waals surface area contributed by atoms with Gasteiger partial charge in [0.2, 0.25) is 6.29 Å². The Balaban J connectivity index is 2.78. The van der Waals surface area contributed by atoms with Gasteiger partial charge in [0.25, 0.3) is 0 Å². The quantitative estimate of drug-likeness (QED) is 0.176. The summed E-state index contributed by atoms with van der Waals surface area (Å²) in [7, 11) is 0.281. The van der Waals surface area contributed by atoms with Crippen molar-refractivity contribution >= 4 is 15.0 Å². The second kappa shape index (κ2) is 12.3. The maximum absolute atomic E-state index is 12.4. The molecule has 28 heavy (non-hydrogen) atoms. The van der Waals surface area contributed by atoms with Crippen molar-refractivity contribution in [3.05, 3.63) is 29.3 Å². The number of esters is 1. The third-order valence-corrected chi connectivity index (χ3v) is 5.47. The van der Waals surface area contributed by atoms with Gasteiger partial charge in [-0.1, -0.05) is 71.9 Å². The molecule has 160 valence electrons. The third-order valence-electron chi connectivity index (χ3n) is 4.67. The van der Waals surface area contributed by atoms with E-state index in [9.17, 15) is 4.79 Å². The maximum atomic E-state index is 12.4. The Kier molecular flexibility index (Phi) is 10.8. The lowest BCUT2D eigenvalue weighted by atomic mass is 9.86. The molecule has 4 nitrogen and oxygen atoms in total. The number of hydrogen-bond donors (Lipinski definition) is 0. The van der Waals surface area contributed by atoms with Crippen LogP contribution in [0.25, 0.3) is 0 Å². The highest BCUT2D eigenvalue weighted by molar-refractivity contribution is 6.48. The number of carbonyl (C=O) groups is 1. The summed E-state index contributed by atoms with van der Waals surface area (Å²) in [6.45, 7) is 12.8. The van der Waals surface area contributed by atoms with Gasteiger partial charge in [0.15, 0.2) is 9.04 Å². The number of ether oxygens (including phenoxy) is 2. The van der Waals surface area contributed by atoms with E-state index < -0.39 is 15.3 Å². The molecule has 1 unspecified atom stereocenters. The molecule has 1 rings (SSSR count). The van der Waals surface area contributed by atoms with Crippen molar-refractivity contribution in [2.45, 2.75) is 97.4 Å². The summed E-state index contributed by atoms with van der Waals surface area (Å²) in [4.78, 5) is 12.4. The van der Waals surface area contributed by atoms with E-state index >= 15 is 0 Å². The zero-order valence-corrected chi connectivity index (χ0v) is 20.1. The predicted molar refractivity (Wildman–Crippen MR) is 118 cm³/mol. The molecule has 0 aromatic heterocycles. The molecule has 0 aliphatic rings. The largest absolute Gasteiger partial charge is 0.496 e. The predicted octanol–water partition coefficient (Wildman–Crippen LogP) is 6.29. The van der Waals surface area contributed by atoms with E-state index in [4.69, 9.17) is 13.9 Å². The van der Waals surface area contributed by atoms with Gasteiger partial charge in [0.05, 0.1) is 7.11 Å². The van der Waals surface area contributed by atoms with Crippen LogP contribution in [0.2, 0.25) is 13.1 Å². The molecular weight excluding hydrogens is 368 g/mol. The molecule has 0 aliphatic heterocycles. The lowest BCUT2D eigenvalue weighted by Gasteiger charge is -2.25. The Labute approximate surface area is 173 Å². The van der Waals surface area contributed by atoms with Gasteiger partial charge in [-0.25, -0.2) is 0 Å². The topological polar surface area (TPSA) is 44.8 Å². The van der Waals surface area contributed by atoms with Gasteiger partial charge in [0.1, 0.15) is 5.75 Å². The van der Waals surface area contributed by atoms with Gasteiger partial charge in [-0.3, -0.25) is 4.79 Å². The maximum Gasteiger partial charge on any atom is 0.308 e. The van der Waals surface area contributed by atoms with Crippen LogP contribution < -0.4 is 4.74 Å². The molecule has 0 N–H and O–H groups in total. The molecule has 0 amide bonds. The molecule has 1 aromatic carbocycles. The fourth-order valence-electron chi connectivity index (χ4n) is 3.12. The average Bonchev–Trinajstić information content (AvgIpc) is 2.62. The molecule has 0 aliphatic carbocycles. The monoisotopic (exact) mass is 408 g/mol. The summed E-state index contributed by atoms with van der Waals surface area (Å²) in [5.41, 5.74) is 1.93. The van der Waals surface area contributed by atoms with Gasteiger partial charge in [-0.2, -0.15) is 0 Å². The summed E-state index contributed by atoms with van der Waals surface area (Å²) in [6.07, 6.45) is 6.68. The Bertz CT molecular complexity index is 593. The number of hydrogen-bond acceptors (Lipinski definition) is 4. The van der Waals surface area contributed by atoms with Crippen molar-refractivity contribution in [3.63, 3.8) is 0 Å². The van der Waals surface area contributed by atoms with Crippen molar-refractivity contribution in [1.82, 2.24) is 0 Å². The third kappa shape index (κ3) is 8.78. The summed E-state index contributed by atoms with van der Waals surface area (Å²) in [5, 5.41) is 0. The van der Waals surface area contributed by atoms with E-state index in [1.165, 1.54) is 25.7 Å². The Morgan fingerprint density at radius 1 is 1.07 bits per heavy atom. The first-order chi connectivity index (χ1) is 13.2. The van der Waals surface area contributed by atoms with Crippen molar-refractivity contribution in [2.75, 3.05) is 7.11 Å². The van der Waals surface area contributed by atoms with E-state index in [1.54, 1.807) is 7.11 Å². The highest BCUT2D eigenvalue weighted by atomic mass is 28.3.